The molecule has 0 aromatic heterocycles. The predicted octanol–water partition coefficient (Wildman–Crippen LogP) is 3.17. The summed E-state index contributed by atoms with van der Waals surface area (Å²) in [5.41, 5.74) is 1.27. The lowest BCUT2D eigenvalue weighted by molar-refractivity contribution is 0.217. The molecule has 0 aliphatic carbocycles. The second-order valence-electron chi connectivity index (χ2n) is 3.15. The Morgan fingerprint density at radius 3 is 2.33 bits per heavy atom. The lowest BCUT2D eigenvalue weighted by Crippen LogP contribution is -2.09. The molecule has 66 valence electrons. The van der Waals surface area contributed by atoms with Crippen LogP contribution in [0.15, 0.2) is 24.3 Å². The van der Waals surface area contributed by atoms with E-state index in [2.05, 4.69) is 32.9 Å². The highest BCUT2D eigenvalue weighted by molar-refractivity contribution is 5.26. The molecule has 1 heteroatoms. The van der Waals surface area contributed by atoms with Crippen molar-refractivity contribution in [3.05, 3.63) is 29.8 Å². The first-order valence-electron chi connectivity index (χ1n) is 4.45. The standard InChI is InChI=1S/C11H16O/c1-4-10(3)12-11-7-5-9(2)6-8-11/h5-8,10H,4H2,1-3H3/t10-/m1/s1. The molecule has 1 aromatic carbocycles. The van der Waals surface area contributed by atoms with Gasteiger partial charge in [-0.25, -0.2) is 0 Å². The minimum absolute atomic E-state index is 0.313. The molecule has 0 bridgehead atoms. The molecule has 0 aliphatic rings. The summed E-state index contributed by atoms with van der Waals surface area (Å²) in [6.45, 7) is 6.28. The van der Waals surface area contributed by atoms with Gasteiger partial charge in [0.25, 0.3) is 0 Å². The number of hydrogen-bond donors (Lipinski definition) is 0. The van der Waals surface area contributed by atoms with Crippen LogP contribution in [0.1, 0.15) is 25.8 Å². The van der Waals surface area contributed by atoms with E-state index in [1.54, 1.807) is 0 Å². The van der Waals surface area contributed by atoms with Gasteiger partial charge in [-0.1, -0.05) is 24.6 Å². The van der Waals surface area contributed by atoms with Gasteiger partial charge in [0.2, 0.25) is 0 Å². The van der Waals surface area contributed by atoms with Crippen LogP contribution in [-0.2, 0) is 0 Å². The predicted molar refractivity (Wildman–Crippen MR) is 51.6 cm³/mol. The van der Waals surface area contributed by atoms with E-state index in [-0.39, 0.29) is 0 Å². The summed E-state index contributed by atoms with van der Waals surface area (Å²) >= 11 is 0. The van der Waals surface area contributed by atoms with Crippen LogP contribution >= 0.6 is 0 Å². The molecular weight excluding hydrogens is 148 g/mol. The highest BCUT2D eigenvalue weighted by Gasteiger charge is 1.99. The van der Waals surface area contributed by atoms with Gasteiger partial charge in [0.15, 0.2) is 0 Å². The summed E-state index contributed by atoms with van der Waals surface area (Å²) in [7, 11) is 0. The maximum Gasteiger partial charge on any atom is 0.119 e. The normalized spacial score (nSPS) is 12.6. The Kier molecular flexibility index (Phi) is 3.15. The van der Waals surface area contributed by atoms with Crippen LogP contribution in [0.4, 0.5) is 0 Å². The van der Waals surface area contributed by atoms with Crippen molar-refractivity contribution in [1.82, 2.24) is 0 Å². The Hall–Kier alpha value is -0.980. The van der Waals surface area contributed by atoms with E-state index in [0.717, 1.165) is 12.2 Å². The molecular formula is C11H16O. The van der Waals surface area contributed by atoms with E-state index >= 15 is 0 Å². The molecule has 12 heavy (non-hydrogen) atoms. The third-order valence-electron chi connectivity index (χ3n) is 1.93. The van der Waals surface area contributed by atoms with E-state index in [1.165, 1.54) is 5.56 Å². The Balaban J connectivity index is 2.58. The third kappa shape index (κ3) is 2.57. The molecule has 0 unspecified atom stereocenters. The van der Waals surface area contributed by atoms with Crippen molar-refractivity contribution >= 4 is 0 Å². The van der Waals surface area contributed by atoms with Crippen LogP contribution in [0.3, 0.4) is 0 Å². The molecule has 0 aliphatic heterocycles. The third-order valence-corrected chi connectivity index (χ3v) is 1.93. The zero-order valence-electron chi connectivity index (χ0n) is 8.00. The number of rotatable bonds is 3. The highest BCUT2D eigenvalue weighted by Crippen LogP contribution is 2.13. The van der Waals surface area contributed by atoms with Crippen LogP contribution in [0, 0.1) is 6.92 Å². The molecule has 1 atom stereocenters. The first kappa shape index (κ1) is 9.11. The Morgan fingerprint density at radius 1 is 1.25 bits per heavy atom. The first-order valence-corrected chi connectivity index (χ1v) is 4.45. The molecule has 0 fully saturated rings. The first-order chi connectivity index (χ1) is 5.72. The summed E-state index contributed by atoms with van der Waals surface area (Å²) in [6, 6.07) is 8.17. The molecule has 0 heterocycles. The smallest absolute Gasteiger partial charge is 0.119 e. The fourth-order valence-corrected chi connectivity index (χ4v) is 0.932. The van der Waals surface area contributed by atoms with Crippen LogP contribution in [-0.4, -0.2) is 6.10 Å². The fraction of sp³-hybridized carbons (Fsp3) is 0.455. The van der Waals surface area contributed by atoms with Crippen LogP contribution in [0.2, 0.25) is 0 Å². The Bertz CT molecular complexity index is 225. The van der Waals surface area contributed by atoms with Crippen molar-refractivity contribution in [2.24, 2.45) is 0 Å². The summed E-state index contributed by atoms with van der Waals surface area (Å²) in [5, 5.41) is 0. The van der Waals surface area contributed by atoms with Gasteiger partial charge < -0.3 is 4.74 Å². The van der Waals surface area contributed by atoms with Crippen molar-refractivity contribution in [3.63, 3.8) is 0 Å². The van der Waals surface area contributed by atoms with E-state index in [0.29, 0.717) is 6.10 Å². The Morgan fingerprint density at radius 2 is 1.83 bits per heavy atom. The molecule has 1 nitrogen and oxygen atoms in total. The summed E-state index contributed by atoms with van der Waals surface area (Å²) in [4.78, 5) is 0. The van der Waals surface area contributed by atoms with Gasteiger partial charge in [0.05, 0.1) is 6.10 Å². The van der Waals surface area contributed by atoms with Gasteiger partial charge >= 0.3 is 0 Å². The molecule has 1 rings (SSSR count). The highest BCUT2D eigenvalue weighted by atomic mass is 16.5. The van der Waals surface area contributed by atoms with Gasteiger partial charge in [-0.05, 0) is 32.4 Å². The number of hydrogen-bond acceptors (Lipinski definition) is 1. The van der Waals surface area contributed by atoms with Gasteiger partial charge in [-0.15, -0.1) is 0 Å². The molecule has 0 amide bonds. The molecule has 0 spiro atoms. The lowest BCUT2D eigenvalue weighted by atomic mass is 10.2. The maximum atomic E-state index is 5.62. The largest absolute Gasteiger partial charge is 0.491 e. The van der Waals surface area contributed by atoms with Crippen LogP contribution < -0.4 is 4.74 Å². The minimum atomic E-state index is 0.313. The zero-order chi connectivity index (χ0) is 8.97. The zero-order valence-corrected chi connectivity index (χ0v) is 8.00. The molecule has 0 N–H and O–H groups in total. The minimum Gasteiger partial charge on any atom is -0.491 e. The molecule has 1 aromatic rings. The van der Waals surface area contributed by atoms with Crippen LogP contribution in [0.25, 0.3) is 0 Å². The van der Waals surface area contributed by atoms with E-state index in [9.17, 15) is 0 Å². The number of ether oxygens (including phenoxy) is 1. The molecule has 0 radical (unpaired) electrons. The van der Waals surface area contributed by atoms with Gasteiger partial charge in [-0.3, -0.25) is 0 Å². The average molecular weight is 164 g/mol. The van der Waals surface area contributed by atoms with Crippen molar-refractivity contribution in [3.8, 4) is 5.75 Å². The Labute approximate surface area is 74.4 Å². The SMILES string of the molecule is CC[C@@H](C)Oc1ccc(C)cc1. The number of aryl methyl sites for hydroxylation is 1. The van der Waals surface area contributed by atoms with E-state index < -0.39 is 0 Å². The van der Waals surface area contributed by atoms with Gasteiger partial charge in [0.1, 0.15) is 5.75 Å². The molecule has 0 saturated carbocycles. The average Bonchev–Trinajstić information content (AvgIpc) is 2.09. The summed E-state index contributed by atoms with van der Waals surface area (Å²) < 4.78 is 5.62. The molecule has 0 saturated heterocycles. The quantitative estimate of drug-likeness (QED) is 0.666. The van der Waals surface area contributed by atoms with Gasteiger partial charge in [0, 0.05) is 0 Å². The van der Waals surface area contributed by atoms with Crippen molar-refractivity contribution in [2.45, 2.75) is 33.3 Å². The van der Waals surface area contributed by atoms with Crippen molar-refractivity contribution < 1.29 is 4.74 Å². The lowest BCUT2D eigenvalue weighted by Gasteiger charge is -2.12. The summed E-state index contributed by atoms with van der Waals surface area (Å²) in [6.07, 6.45) is 1.36. The monoisotopic (exact) mass is 164 g/mol. The van der Waals surface area contributed by atoms with Gasteiger partial charge in [-0.2, -0.15) is 0 Å². The van der Waals surface area contributed by atoms with Crippen molar-refractivity contribution in [1.29, 1.82) is 0 Å². The number of benzene rings is 1. The van der Waals surface area contributed by atoms with Crippen LogP contribution in [0.5, 0.6) is 5.75 Å². The van der Waals surface area contributed by atoms with E-state index in [1.807, 2.05) is 12.1 Å². The van der Waals surface area contributed by atoms with E-state index in [4.69, 9.17) is 4.74 Å². The maximum absolute atomic E-state index is 5.62. The summed E-state index contributed by atoms with van der Waals surface area (Å²) in [5.74, 6) is 0.968. The topological polar surface area (TPSA) is 9.23 Å². The second kappa shape index (κ2) is 4.15. The fourth-order valence-electron chi connectivity index (χ4n) is 0.932. The second-order valence-corrected chi connectivity index (χ2v) is 3.15. The van der Waals surface area contributed by atoms with Crippen molar-refractivity contribution in [2.75, 3.05) is 0 Å².